The van der Waals surface area contributed by atoms with Gasteiger partial charge in [0.15, 0.2) is 0 Å². The topological polar surface area (TPSA) is 99.8 Å². The number of rotatable bonds is 8. The minimum Gasteiger partial charge on any atom is -0.352 e. The maximum atomic E-state index is 12.2. The molecule has 0 fully saturated rings. The van der Waals surface area contributed by atoms with Crippen LogP contribution in [0.1, 0.15) is 48.4 Å². The Hall–Kier alpha value is -3.22. The molecule has 2 heterocycles. The highest BCUT2D eigenvalue weighted by Gasteiger charge is 2.10. The molecule has 1 unspecified atom stereocenters. The van der Waals surface area contributed by atoms with Crippen molar-refractivity contribution in [1.29, 1.82) is 0 Å². The molecule has 0 aliphatic carbocycles. The summed E-state index contributed by atoms with van der Waals surface area (Å²) in [6, 6.07) is 9.27. The predicted molar refractivity (Wildman–Crippen MR) is 108 cm³/mol. The molecule has 0 radical (unpaired) electrons. The lowest BCUT2D eigenvalue weighted by Crippen LogP contribution is -2.32. The zero-order valence-electron chi connectivity index (χ0n) is 16.2. The van der Waals surface area contributed by atoms with E-state index < -0.39 is 0 Å². The first-order valence-electron chi connectivity index (χ1n) is 9.50. The summed E-state index contributed by atoms with van der Waals surface area (Å²) < 4.78 is 0. The Morgan fingerprint density at radius 2 is 2.11 bits per heavy atom. The molecule has 7 nitrogen and oxygen atoms in total. The van der Waals surface area contributed by atoms with Crippen molar-refractivity contribution in [3.05, 3.63) is 59.7 Å². The van der Waals surface area contributed by atoms with Crippen LogP contribution >= 0.6 is 0 Å². The molecule has 146 valence electrons. The SMILES string of the molecule is CCC(C)NC(=O)c1cccc(CNC(=O)CCc2nc3ccncc3[nH]2)c1. The standard InChI is InChI=1S/C21H25N5O2/c1-3-14(2)24-21(28)16-6-4-5-15(11-16)12-23-20(27)8-7-19-25-17-9-10-22-13-18(17)26-19/h4-6,9-11,13-14H,3,7-8,12H2,1-2H3,(H,23,27)(H,24,28)(H,25,26). The molecule has 7 heteroatoms. The first kappa shape index (κ1) is 19.5. The number of imidazole rings is 1. The van der Waals surface area contributed by atoms with Gasteiger partial charge in [-0.2, -0.15) is 0 Å². The second kappa shape index (κ2) is 9.12. The van der Waals surface area contributed by atoms with E-state index in [1.165, 1.54) is 0 Å². The highest BCUT2D eigenvalue weighted by molar-refractivity contribution is 5.94. The number of amides is 2. The summed E-state index contributed by atoms with van der Waals surface area (Å²) in [6.45, 7) is 4.38. The van der Waals surface area contributed by atoms with Crippen molar-refractivity contribution in [3.63, 3.8) is 0 Å². The fourth-order valence-corrected chi connectivity index (χ4v) is 2.78. The summed E-state index contributed by atoms with van der Waals surface area (Å²) in [7, 11) is 0. The Balaban J connectivity index is 1.50. The van der Waals surface area contributed by atoms with Gasteiger partial charge in [-0.15, -0.1) is 0 Å². The minimum absolute atomic E-state index is 0.0620. The van der Waals surface area contributed by atoms with E-state index in [4.69, 9.17) is 0 Å². The summed E-state index contributed by atoms with van der Waals surface area (Å²) in [5.41, 5.74) is 3.20. The number of H-pyrrole nitrogens is 1. The number of nitrogens with zero attached hydrogens (tertiary/aromatic N) is 2. The molecule has 0 saturated heterocycles. The normalized spacial score (nSPS) is 11.9. The van der Waals surface area contributed by atoms with Crippen molar-refractivity contribution in [2.75, 3.05) is 0 Å². The van der Waals surface area contributed by atoms with Crippen LogP contribution in [-0.4, -0.2) is 32.8 Å². The molecule has 2 aromatic heterocycles. The zero-order chi connectivity index (χ0) is 19.9. The summed E-state index contributed by atoms with van der Waals surface area (Å²) in [5.74, 6) is 0.608. The minimum atomic E-state index is -0.0955. The molecule has 2 amide bonds. The van der Waals surface area contributed by atoms with Crippen molar-refractivity contribution in [3.8, 4) is 0 Å². The van der Waals surface area contributed by atoms with Gasteiger partial charge in [0, 0.05) is 37.2 Å². The average molecular weight is 379 g/mol. The van der Waals surface area contributed by atoms with Gasteiger partial charge in [-0.05, 0) is 37.1 Å². The Morgan fingerprint density at radius 1 is 1.25 bits per heavy atom. The Morgan fingerprint density at radius 3 is 2.89 bits per heavy atom. The largest absolute Gasteiger partial charge is 0.352 e. The van der Waals surface area contributed by atoms with Crippen LogP contribution in [0.3, 0.4) is 0 Å². The molecular formula is C21H25N5O2. The third-order valence-corrected chi connectivity index (χ3v) is 4.59. The van der Waals surface area contributed by atoms with Gasteiger partial charge in [-0.3, -0.25) is 14.6 Å². The van der Waals surface area contributed by atoms with Gasteiger partial charge in [0.05, 0.1) is 17.2 Å². The highest BCUT2D eigenvalue weighted by Crippen LogP contribution is 2.10. The number of fused-ring (bicyclic) bond motifs is 1. The van der Waals surface area contributed by atoms with E-state index in [1.54, 1.807) is 18.5 Å². The van der Waals surface area contributed by atoms with Gasteiger partial charge in [0.25, 0.3) is 5.91 Å². The van der Waals surface area contributed by atoms with E-state index in [0.29, 0.717) is 24.9 Å². The molecule has 0 aliphatic rings. The monoisotopic (exact) mass is 379 g/mol. The van der Waals surface area contributed by atoms with Crippen LogP contribution in [0.2, 0.25) is 0 Å². The van der Waals surface area contributed by atoms with Crippen molar-refractivity contribution in [2.45, 2.75) is 45.7 Å². The zero-order valence-corrected chi connectivity index (χ0v) is 16.2. The first-order chi connectivity index (χ1) is 13.5. The number of carbonyl (C=O) groups is 2. The van der Waals surface area contributed by atoms with E-state index in [1.807, 2.05) is 38.1 Å². The number of pyridine rings is 1. The van der Waals surface area contributed by atoms with Crippen LogP contribution in [0, 0.1) is 0 Å². The smallest absolute Gasteiger partial charge is 0.251 e. The first-order valence-corrected chi connectivity index (χ1v) is 9.50. The van der Waals surface area contributed by atoms with Crippen LogP contribution in [0.25, 0.3) is 11.0 Å². The fourth-order valence-electron chi connectivity index (χ4n) is 2.78. The number of nitrogens with one attached hydrogen (secondary N) is 3. The molecule has 0 saturated carbocycles. The second-order valence-electron chi connectivity index (χ2n) is 6.84. The Bertz CT molecular complexity index is 933. The number of aryl methyl sites for hydroxylation is 1. The molecule has 1 atom stereocenters. The van der Waals surface area contributed by atoms with Gasteiger partial charge in [0.2, 0.25) is 5.91 Å². The second-order valence-corrected chi connectivity index (χ2v) is 6.84. The van der Waals surface area contributed by atoms with Gasteiger partial charge in [-0.1, -0.05) is 19.1 Å². The number of benzene rings is 1. The molecule has 3 rings (SSSR count). The summed E-state index contributed by atoms with van der Waals surface area (Å²) in [5, 5.41) is 5.84. The number of hydrogen-bond acceptors (Lipinski definition) is 4. The van der Waals surface area contributed by atoms with E-state index >= 15 is 0 Å². The lowest BCUT2D eigenvalue weighted by atomic mass is 10.1. The number of carbonyl (C=O) groups excluding carboxylic acids is 2. The fraction of sp³-hybridized carbons (Fsp3) is 0.333. The van der Waals surface area contributed by atoms with Gasteiger partial charge in [-0.25, -0.2) is 4.98 Å². The number of aromatic amines is 1. The summed E-state index contributed by atoms with van der Waals surface area (Å²) in [6.07, 6.45) is 5.15. The van der Waals surface area contributed by atoms with Crippen LogP contribution < -0.4 is 10.6 Å². The molecule has 1 aromatic carbocycles. The third-order valence-electron chi connectivity index (χ3n) is 4.59. The molecule has 0 bridgehead atoms. The third kappa shape index (κ3) is 5.16. The lowest BCUT2D eigenvalue weighted by Gasteiger charge is -2.12. The predicted octanol–water partition coefficient (Wildman–Crippen LogP) is 2.74. The molecule has 3 aromatic rings. The van der Waals surface area contributed by atoms with Crippen LogP contribution in [0.5, 0.6) is 0 Å². The highest BCUT2D eigenvalue weighted by atomic mass is 16.2. The maximum Gasteiger partial charge on any atom is 0.251 e. The molecular weight excluding hydrogens is 354 g/mol. The maximum absolute atomic E-state index is 12.2. The number of hydrogen-bond donors (Lipinski definition) is 3. The van der Waals surface area contributed by atoms with Gasteiger partial charge >= 0.3 is 0 Å². The Labute approximate surface area is 164 Å². The van der Waals surface area contributed by atoms with E-state index in [2.05, 4.69) is 25.6 Å². The van der Waals surface area contributed by atoms with Crippen LogP contribution in [0.4, 0.5) is 0 Å². The average Bonchev–Trinajstić information content (AvgIpc) is 3.13. The van der Waals surface area contributed by atoms with Crippen LogP contribution in [0.15, 0.2) is 42.7 Å². The summed E-state index contributed by atoms with van der Waals surface area (Å²) >= 11 is 0. The lowest BCUT2D eigenvalue weighted by molar-refractivity contribution is -0.121. The summed E-state index contributed by atoms with van der Waals surface area (Å²) in [4.78, 5) is 36.0. The van der Waals surface area contributed by atoms with Crippen molar-refractivity contribution in [2.24, 2.45) is 0 Å². The van der Waals surface area contributed by atoms with Gasteiger partial charge < -0.3 is 15.6 Å². The molecule has 3 N–H and O–H groups in total. The van der Waals surface area contributed by atoms with Gasteiger partial charge in [0.1, 0.15) is 5.82 Å². The van der Waals surface area contributed by atoms with Crippen molar-refractivity contribution in [1.82, 2.24) is 25.6 Å². The molecule has 0 spiro atoms. The van der Waals surface area contributed by atoms with E-state index in [-0.39, 0.29) is 17.9 Å². The molecule has 28 heavy (non-hydrogen) atoms. The Kier molecular flexibility index (Phi) is 6.37. The van der Waals surface area contributed by atoms with Crippen molar-refractivity contribution < 1.29 is 9.59 Å². The molecule has 0 aliphatic heterocycles. The van der Waals surface area contributed by atoms with Crippen LogP contribution in [-0.2, 0) is 17.8 Å². The quantitative estimate of drug-likeness (QED) is 0.560. The number of aromatic nitrogens is 3. The van der Waals surface area contributed by atoms with E-state index in [0.717, 1.165) is 28.8 Å². The van der Waals surface area contributed by atoms with E-state index in [9.17, 15) is 9.59 Å². The van der Waals surface area contributed by atoms with Crippen molar-refractivity contribution >= 4 is 22.8 Å².